The molecule has 0 N–H and O–H groups in total. The molecule has 2 nitrogen and oxygen atoms in total. The Labute approximate surface area is 103 Å². The molecule has 17 heavy (non-hydrogen) atoms. The molecule has 1 fully saturated rings. The normalized spacial score (nSPS) is 17.7. The number of aromatic nitrogens is 1. The Morgan fingerprint density at radius 3 is 2.65 bits per heavy atom. The first kappa shape index (κ1) is 10.8. The van der Waals surface area contributed by atoms with Crippen molar-refractivity contribution in [3.05, 3.63) is 36.0 Å². The van der Waals surface area contributed by atoms with Crippen molar-refractivity contribution >= 4 is 10.9 Å². The van der Waals surface area contributed by atoms with Gasteiger partial charge < -0.3 is 4.57 Å². The summed E-state index contributed by atoms with van der Waals surface area (Å²) < 4.78 is 2.24. The van der Waals surface area contributed by atoms with Gasteiger partial charge in [-0.1, -0.05) is 24.6 Å². The van der Waals surface area contributed by atoms with Crippen molar-refractivity contribution in [3.8, 4) is 0 Å². The third-order valence-electron chi connectivity index (χ3n) is 3.82. The van der Waals surface area contributed by atoms with E-state index < -0.39 is 0 Å². The molecule has 1 aliphatic rings. The van der Waals surface area contributed by atoms with Crippen molar-refractivity contribution < 1.29 is 0 Å². The van der Waals surface area contributed by atoms with E-state index in [1.165, 1.54) is 48.8 Å². The average molecular weight is 228 g/mol. The number of aryl methyl sites for hydroxylation is 1. The van der Waals surface area contributed by atoms with Crippen LogP contribution in [-0.2, 0) is 13.6 Å². The van der Waals surface area contributed by atoms with Gasteiger partial charge in [-0.15, -0.1) is 0 Å². The zero-order valence-electron chi connectivity index (χ0n) is 10.5. The van der Waals surface area contributed by atoms with Crippen LogP contribution in [0.15, 0.2) is 30.5 Å². The quantitative estimate of drug-likeness (QED) is 0.766. The van der Waals surface area contributed by atoms with Gasteiger partial charge >= 0.3 is 0 Å². The van der Waals surface area contributed by atoms with Crippen LogP contribution in [0.1, 0.15) is 24.8 Å². The van der Waals surface area contributed by atoms with E-state index in [9.17, 15) is 0 Å². The maximum Gasteiger partial charge on any atom is 0.0481 e. The van der Waals surface area contributed by atoms with Gasteiger partial charge in [0, 0.05) is 30.7 Å². The number of hydrogen-bond donors (Lipinski definition) is 0. The molecule has 1 aromatic heterocycles. The lowest BCUT2D eigenvalue weighted by atomic mass is 10.1. The van der Waals surface area contributed by atoms with Gasteiger partial charge in [0.2, 0.25) is 0 Å². The molecule has 1 saturated heterocycles. The predicted octanol–water partition coefficient (Wildman–Crippen LogP) is 3.16. The standard InChI is InChI=1S/C15H20N2/c1-16-11-13(12-17-9-5-2-6-10-17)14-7-3-4-8-15(14)16/h3-4,7-8,11H,2,5-6,9-10,12H2,1H3. The lowest BCUT2D eigenvalue weighted by Crippen LogP contribution is -2.28. The van der Waals surface area contributed by atoms with Crippen LogP contribution in [0.2, 0.25) is 0 Å². The van der Waals surface area contributed by atoms with Gasteiger partial charge in [-0.3, -0.25) is 4.90 Å². The highest BCUT2D eigenvalue weighted by Gasteiger charge is 2.13. The van der Waals surface area contributed by atoms with E-state index in [1.807, 2.05) is 0 Å². The lowest BCUT2D eigenvalue weighted by molar-refractivity contribution is 0.221. The van der Waals surface area contributed by atoms with Crippen molar-refractivity contribution in [2.75, 3.05) is 13.1 Å². The van der Waals surface area contributed by atoms with E-state index in [2.05, 4.69) is 47.0 Å². The van der Waals surface area contributed by atoms with Crippen molar-refractivity contribution in [2.45, 2.75) is 25.8 Å². The first-order valence-corrected chi connectivity index (χ1v) is 6.60. The van der Waals surface area contributed by atoms with Crippen LogP contribution in [-0.4, -0.2) is 22.6 Å². The van der Waals surface area contributed by atoms with Crippen LogP contribution < -0.4 is 0 Å². The third kappa shape index (κ3) is 2.09. The Hall–Kier alpha value is -1.28. The van der Waals surface area contributed by atoms with Crippen LogP contribution in [0, 0.1) is 0 Å². The van der Waals surface area contributed by atoms with Crippen LogP contribution in [0.3, 0.4) is 0 Å². The predicted molar refractivity (Wildman–Crippen MR) is 72.0 cm³/mol. The topological polar surface area (TPSA) is 8.17 Å². The van der Waals surface area contributed by atoms with Crippen molar-refractivity contribution in [2.24, 2.45) is 7.05 Å². The largest absolute Gasteiger partial charge is 0.350 e. The molecule has 0 spiro atoms. The molecule has 0 bridgehead atoms. The molecule has 3 rings (SSSR count). The van der Waals surface area contributed by atoms with E-state index in [4.69, 9.17) is 0 Å². The number of fused-ring (bicyclic) bond motifs is 1. The zero-order valence-corrected chi connectivity index (χ0v) is 10.5. The van der Waals surface area contributed by atoms with Crippen LogP contribution >= 0.6 is 0 Å². The van der Waals surface area contributed by atoms with Crippen molar-refractivity contribution in [3.63, 3.8) is 0 Å². The Morgan fingerprint density at radius 1 is 1.06 bits per heavy atom. The highest BCUT2D eigenvalue weighted by atomic mass is 15.1. The SMILES string of the molecule is Cn1cc(CN2CCCCC2)c2ccccc21. The van der Waals surface area contributed by atoms with E-state index >= 15 is 0 Å². The molecule has 1 aliphatic heterocycles. The van der Waals surface area contributed by atoms with Gasteiger partial charge in [-0.2, -0.15) is 0 Å². The highest BCUT2D eigenvalue weighted by molar-refractivity contribution is 5.83. The third-order valence-corrected chi connectivity index (χ3v) is 3.82. The minimum Gasteiger partial charge on any atom is -0.350 e. The number of benzene rings is 1. The van der Waals surface area contributed by atoms with Gasteiger partial charge in [0.15, 0.2) is 0 Å². The second-order valence-electron chi connectivity index (χ2n) is 5.12. The number of para-hydroxylation sites is 1. The van der Waals surface area contributed by atoms with E-state index in [-0.39, 0.29) is 0 Å². The number of nitrogens with zero attached hydrogens (tertiary/aromatic N) is 2. The fraction of sp³-hybridized carbons (Fsp3) is 0.467. The maximum atomic E-state index is 2.59. The van der Waals surface area contributed by atoms with Crippen LogP contribution in [0.25, 0.3) is 10.9 Å². The molecule has 0 radical (unpaired) electrons. The van der Waals surface area contributed by atoms with E-state index in [1.54, 1.807) is 0 Å². The molecule has 90 valence electrons. The molecule has 0 aliphatic carbocycles. The smallest absolute Gasteiger partial charge is 0.0481 e. The summed E-state index contributed by atoms with van der Waals surface area (Å²) in [6, 6.07) is 8.71. The first-order valence-electron chi connectivity index (χ1n) is 6.60. The number of piperidine rings is 1. The molecule has 1 aromatic carbocycles. The summed E-state index contributed by atoms with van der Waals surface area (Å²) >= 11 is 0. The summed E-state index contributed by atoms with van der Waals surface area (Å²) in [6.45, 7) is 3.65. The second kappa shape index (κ2) is 4.53. The van der Waals surface area contributed by atoms with Crippen LogP contribution in [0.4, 0.5) is 0 Å². The number of likely N-dealkylation sites (tertiary alicyclic amines) is 1. The second-order valence-corrected chi connectivity index (χ2v) is 5.12. The molecule has 2 heterocycles. The number of hydrogen-bond acceptors (Lipinski definition) is 1. The minimum absolute atomic E-state index is 1.11. The van der Waals surface area contributed by atoms with Gasteiger partial charge in [0.05, 0.1) is 0 Å². The summed E-state index contributed by atoms with van der Waals surface area (Å²) in [5.74, 6) is 0. The Morgan fingerprint density at radius 2 is 1.82 bits per heavy atom. The van der Waals surface area contributed by atoms with E-state index in [0.29, 0.717) is 0 Å². The van der Waals surface area contributed by atoms with Crippen molar-refractivity contribution in [1.82, 2.24) is 9.47 Å². The van der Waals surface area contributed by atoms with Gasteiger partial charge in [0.25, 0.3) is 0 Å². The Kier molecular flexibility index (Phi) is 2.89. The van der Waals surface area contributed by atoms with Crippen LogP contribution in [0.5, 0.6) is 0 Å². The minimum atomic E-state index is 1.11. The summed E-state index contributed by atoms with van der Waals surface area (Å²) in [6.07, 6.45) is 6.43. The number of rotatable bonds is 2. The molecule has 2 heteroatoms. The molecule has 0 atom stereocenters. The fourth-order valence-corrected chi connectivity index (χ4v) is 2.91. The summed E-state index contributed by atoms with van der Waals surface area (Å²) in [7, 11) is 2.14. The van der Waals surface area contributed by atoms with Gasteiger partial charge in [-0.05, 0) is 37.6 Å². The fourth-order valence-electron chi connectivity index (χ4n) is 2.91. The first-order chi connectivity index (χ1) is 8.34. The highest BCUT2D eigenvalue weighted by Crippen LogP contribution is 2.22. The molecular formula is C15H20N2. The molecular weight excluding hydrogens is 208 g/mol. The zero-order chi connectivity index (χ0) is 11.7. The molecule has 2 aromatic rings. The Bertz CT molecular complexity index is 507. The summed E-state index contributed by atoms with van der Waals surface area (Å²) in [4.78, 5) is 2.59. The lowest BCUT2D eigenvalue weighted by Gasteiger charge is -2.26. The summed E-state index contributed by atoms with van der Waals surface area (Å²) in [5.41, 5.74) is 2.82. The molecule has 0 amide bonds. The summed E-state index contributed by atoms with van der Waals surface area (Å²) in [5, 5.41) is 1.42. The monoisotopic (exact) mass is 228 g/mol. The van der Waals surface area contributed by atoms with Gasteiger partial charge in [0.1, 0.15) is 0 Å². The molecule has 0 unspecified atom stereocenters. The average Bonchev–Trinajstić information content (AvgIpc) is 2.69. The van der Waals surface area contributed by atoms with Gasteiger partial charge in [-0.25, -0.2) is 0 Å². The van der Waals surface area contributed by atoms with Crippen molar-refractivity contribution in [1.29, 1.82) is 0 Å². The maximum absolute atomic E-state index is 2.59. The molecule has 0 saturated carbocycles. The Balaban J connectivity index is 1.89. The van der Waals surface area contributed by atoms with E-state index in [0.717, 1.165) is 6.54 Å².